The zero-order valence-electron chi connectivity index (χ0n) is 16.5. The number of hydrogen-bond acceptors (Lipinski definition) is 4. The lowest BCUT2D eigenvalue weighted by Gasteiger charge is -2.10. The zero-order chi connectivity index (χ0) is 20.8. The minimum atomic E-state index is -0.420. The number of benzene rings is 3. The van der Waals surface area contributed by atoms with Gasteiger partial charge >= 0.3 is 5.63 Å². The van der Waals surface area contributed by atoms with E-state index in [0.717, 1.165) is 26.7 Å². The van der Waals surface area contributed by atoms with Crippen molar-refractivity contribution in [2.24, 2.45) is 0 Å². The van der Waals surface area contributed by atoms with E-state index in [-0.39, 0.29) is 0 Å². The normalized spacial score (nSPS) is 11.3. The summed E-state index contributed by atoms with van der Waals surface area (Å²) in [4.78, 5) is 13.0. The first-order chi connectivity index (χ1) is 14.5. The summed E-state index contributed by atoms with van der Waals surface area (Å²) in [5.74, 6) is 0.513. The lowest BCUT2D eigenvalue weighted by atomic mass is 10.0. The van der Waals surface area contributed by atoms with E-state index in [1.807, 2.05) is 61.5 Å². The van der Waals surface area contributed by atoms with Crippen molar-refractivity contribution in [3.63, 3.8) is 0 Å². The summed E-state index contributed by atoms with van der Waals surface area (Å²) >= 11 is 3.53. The third-order valence-electron chi connectivity index (χ3n) is 5.19. The van der Waals surface area contributed by atoms with Gasteiger partial charge in [0, 0.05) is 10.2 Å². The standard InChI is InChI=1S/C25H18BrNO3/c1-14-10-11-19(15(2)12-14)27-24-21(16-6-5-7-17(26)13-16)22-23(30-24)18-8-3-4-9-20(18)29-25(22)28/h3-13,27H,1-2H3. The molecule has 3 aromatic carbocycles. The largest absolute Gasteiger partial charge is 0.439 e. The Morgan fingerprint density at radius 1 is 0.900 bits per heavy atom. The highest BCUT2D eigenvalue weighted by Gasteiger charge is 2.23. The maximum Gasteiger partial charge on any atom is 0.348 e. The molecule has 1 N–H and O–H groups in total. The third-order valence-corrected chi connectivity index (χ3v) is 5.68. The van der Waals surface area contributed by atoms with E-state index in [9.17, 15) is 4.79 Å². The van der Waals surface area contributed by atoms with Gasteiger partial charge in [0.2, 0.25) is 5.88 Å². The Balaban J connectivity index is 1.84. The van der Waals surface area contributed by atoms with Crippen molar-refractivity contribution in [1.29, 1.82) is 0 Å². The van der Waals surface area contributed by atoms with Crippen LogP contribution in [0.2, 0.25) is 0 Å². The highest BCUT2D eigenvalue weighted by atomic mass is 79.9. The van der Waals surface area contributed by atoms with Gasteiger partial charge in [-0.25, -0.2) is 4.79 Å². The molecule has 0 unspecified atom stereocenters. The van der Waals surface area contributed by atoms with Crippen LogP contribution in [0.1, 0.15) is 11.1 Å². The monoisotopic (exact) mass is 459 g/mol. The lowest BCUT2D eigenvalue weighted by Crippen LogP contribution is -2.00. The minimum absolute atomic E-state index is 0.420. The topological polar surface area (TPSA) is 55.4 Å². The van der Waals surface area contributed by atoms with Crippen molar-refractivity contribution in [1.82, 2.24) is 0 Å². The summed E-state index contributed by atoms with van der Waals surface area (Å²) in [6.45, 7) is 4.10. The fourth-order valence-electron chi connectivity index (χ4n) is 3.79. The van der Waals surface area contributed by atoms with Crippen molar-refractivity contribution in [3.8, 4) is 11.1 Å². The summed E-state index contributed by atoms with van der Waals surface area (Å²) in [5, 5.41) is 4.60. The molecule has 0 saturated carbocycles. The zero-order valence-corrected chi connectivity index (χ0v) is 18.0. The number of hydrogen-bond donors (Lipinski definition) is 1. The molecule has 0 aliphatic heterocycles. The summed E-state index contributed by atoms with van der Waals surface area (Å²) in [5.41, 5.74) is 5.34. The van der Waals surface area contributed by atoms with E-state index in [1.54, 1.807) is 6.07 Å². The number of rotatable bonds is 3. The number of para-hydroxylation sites is 1. The highest BCUT2D eigenvalue weighted by Crippen LogP contribution is 2.41. The fourth-order valence-corrected chi connectivity index (χ4v) is 4.19. The molecule has 0 spiro atoms. The van der Waals surface area contributed by atoms with Crippen LogP contribution in [0.15, 0.2) is 84.8 Å². The second-order valence-electron chi connectivity index (χ2n) is 7.35. The fraction of sp³-hybridized carbons (Fsp3) is 0.0800. The van der Waals surface area contributed by atoms with E-state index in [1.165, 1.54) is 5.56 Å². The molecule has 4 nitrogen and oxygen atoms in total. The van der Waals surface area contributed by atoms with E-state index < -0.39 is 5.63 Å². The molecule has 0 saturated heterocycles. The molecule has 30 heavy (non-hydrogen) atoms. The number of aryl methyl sites for hydroxylation is 2. The molecule has 0 fully saturated rings. The van der Waals surface area contributed by atoms with Crippen LogP contribution in [0.4, 0.5) is 11.6 Å². The maximum absolute atomic E-state index is 13.0. The second-order valence-corrected chi connectivity index (χ2v) is 8.27. The van der Waals surface area contributed by atoms with Crippen LogP contribution in [0.5, 0.6) is 0 Å². The van der Waals surface area contributed by atoms with E-state index >= 15 is 0 Å². The van der Waals surface area contributed by atoms with Gasteiger partial charge in [0.1, 0.15) is 11.0 Å². The average molecular weight is 460 g/mol. The Morgan fingerprint density at radius 2 is 1.73 bits per heavy atom. The quantitative estimate of drug-likeness (QED) is 0.287. The Kier molecular flexibility index (Phi) is 4.48. The van der Waals surface area contributed by atoms with Crippen LogP contribution in [-0.4, -0.2) is 0 Å². The molecular weight excluding hydrogens is 442 g/mol. The predicted octanol–water partition coefficient (Wildman–Crippen LogP) is 7.33. The van der Waals surface area contributed by atoms with Crippen LogP contribution in [-0.2, 0) is 0 Å². The molecular formula is C25H18BrNO3. The van der Waals surface area contributed by atoms with E-state index in [2.05, 4.69) is 34.2 Å². The SMILES string of the molecule is Cc1ccc(Nc2oc3c(c2-c2cccc(Br)c2)c(=O)oc2ccccc23)c(C)c1. The van der Waals surface area contributed by atoms with Crippen molar-refractivity contribution < 1.29 is 8.83 Å². The van der Waals surface area contributed by atoms with E-state index in [4.69, 9.17) is 8.83 Å². The molecule has 0 aliphatic rings. The number of nitrogens with one attached hydrogen (secondary N) is 1. The lowest BCUT2D eigenvalue weighted by molar-refractivity contribution is 0.566. The van der Waals surface area contributed by atoms with Crippen LogP contribution >= 0.6 is 15.9 Å². The predicted molar refractivity (Wildman–Crippen MR) is 125 cm³/mol. The molecule has 0 aliphatic carbocycles. The Hall–Kier alpha value is -3.31. The summed E-state index contributed by atoms with van der Waals surface area (Å²) in [6.07, 6.45) is 0. The number of furan rings is 1. The number of fused-ring (bicyclic) bond motifs is 3. The van der Waals surface area contributed by atoms with Gasteiger partial charge in [-0.15, -0.1) is 0 Å². The Labute approximate surface area is 181 Å². The molecule has 2 aromatic heterocycles. The summed E-state index contributed by atoms with van der Waals surface area (Å²) < 4.78 is 12.8. The van der Waals surface area contributed by atoms with Gasteiger partial charge in [0.05, 0.1) is 10.9 Å². The van der Waals surface area contributed by atoms with Gasteiger partial charge in [-0.3, -0.25) is 0 Å². The molecule has 0 bridgehead atoms. The van der Waals surface area contributed by atoms with Gasteiger partial charge in [-0.2, -0.15) is 0 Å². The van der Waals surface area contributed by atoms with Crippen molar-refractivity contribution in [2.75, 3.05) is 5.32 Å². The van der Waals surface area contributed by atoms with Gasteiger partial charge in [0.15, 0.2) is 5.58 Å². The molecule has 5 aromatic rings. The number of anilines is 2. The molecule has 0 atom stereocenters. The molecule has 0 radical (unpaired) electrons. The Morgan fingerprint density at radius 3 is 2.53 bits per heavy atom. The van der Waals surface area contributed by atoms with Crippen LogP contribution in [0.3, 0.4) is 0 Å². The van der Waals surface area contributed by atoms with Crippen LogP contribution in [0, 0.1) is 13.8 Å². The third kappa shape index (κ3) is 3.12. The van der Waals surface area contributed by atoms with Crippen molar-refractivity contribution in [2.45, 2.75) is 13.8 Å². The molecule has 5 heteroatoms. The minimum Gasteiger partial charge on any atom is -0.439 e. The summed E-state index contributed by atoms with van der Waals surface area (Å²) in [6, 6.07) is 21.4. The Bertz CT molecular complexity index is 1480. The van der Waals surface area contributed by atoms with Gasteiger partial charge in [-0.1, -0.05) is 57.9 Å². The highest BCUT2D eigenvalue weighted by molar-refractivity contribution is 9.10. The van der Waals surface area contributed by atoms with Gasteiger partial charge in [0.25, 0.3) is 0 Å². The second kappa shape index (κ2) is 7.18. The summed E-state index contributed by atoms with van der Waals surface area (Å²) in [7, 11) is 0. The first-order valence-corrected chi connectivity index (χ1v) is 10.4. The number of halogens is 1. The first kappa shape index (κ1) is 18.7. The molecule has 148 valence electrons. The van der Waals surface area contributed by atoms with E-state index in [0.29, 0.717) is 28.0 Å². The van der Waals surface area contributed by atoms with Gasteiger partial charge < -0.3 is 14.2 Å². The van der Waals surface area contributed by atoms with Crippen LogP contribution in [0.25, 0.3) is 33.1 Å². The maximum atomic E-state index is 13.0. The van der Waals surface area contributed by atoms with Crippen molar-refractivity contribution >= 4 is 49.4 Å². The average Bonchev–Trinajstić information content (AvgIpc) is 3.10. The van der Waals surface area contributed by atoms with Crippen LogP contribution < -0.4 is 10.9 Å². The van der Waals surface area contributed by atoms with Gasteiger partial charge in [-0.05, 0) is 55.3 Å². The molecule has 2 heterocycles. The first-order valence-electron chi connectivity index (χ1n) is 9.60. The van der Waals surface area contributed by atoms with Crippen molar-refractivity contribution in [3.05, 3.63) is 92.7 Å². The molecule has 0 amide bonds. The molecule has 5 rings (SSSR count). The smallest absolute Gasteiger partial charge is 0.348 e.